The normalized spacial score (nSPS) is 12.5. The zero-order valence-corrected chi connectivity index (χ0v) is 17.7. The van der Waals surface area contributed by atoms with Gasteiger partial charge in [-0.05, 0) is 41.8 Å². The van der Waals surface area contributed by atoms with Crippen molar-refractivity contribution in [2.45, 2.75) is 25.9 Å². The topological polar surface area (TPSA) is 81.4 Å². The minimum absolute atomic E-state index is 0.0269. The van der Waals surface area contributed by atoms with E-state index in [1.807, 2.05) is 50.2 Å². The first kappa shape index (κ1) is 21.8. The molecule has 31 heavy (non-hydrogen) atoms. The summed E-state index contributed by atoms with van der Waals surface area (Å²) in [5, 5.41) is 9.64. The standard InChI is InChI=1S/C25H24N2O4/c1-17(2)24(18-12-14-19(29-3)15-13-18)25(28)31-22(16-26)21-10-7-11-23(27-21)30-20-8-5-4-6-9-20/h4-15,17,22,24H,1-3H3. The molecule has 2 atom stereocenters. The molecule has 0 spiro atoms. The summed E-state index contributed by atoms with van der Waals surface area (Å²) in [6, 6.07) is 23.5. The summed E-state index contributed by atoms with van der Waals surface area (Å²) in [5.74, 6) is 0.607. The Bertz CT molecular complexity index is 1040. The van der Waals surface area contributed by atoms with E-state index in [1.54, 1.807) is 49.6 Å². The molecule has 3 rings (SSSR count). The van der Waals surface area contributed by atoms with Crippen molar-refractivity contribution >= 4 is 5.97 Å². The average molecular weight is 416 g/mol. The molecule has 0 radical (unpaired) electrons. The van der Waals surface area contributed by atoms with Crippen molar-refractivity contribution in [1.29, 1.82) is 5.26 Å². The molecule has 0 amide bonds. The number of para-hydroxylation sites is 1. The molecule has 6 nitrogen and oxygen atoms in total. The molecule has 0 aliphatic rings. The van der Waals surface area contributed by atoms with Gasteiger partial charge in [-0.2, -0.15) is 5.26 Å². The van der Waals surface area contributed by atoms with Gasteiger partial charge in [0.25, 0.3) is 0 Å². The number of ether oxygens (including phenoxy) is 3. The molecule has 0 saturated carbocycles. The zero-order valence-electron chi connectivity index (χ0n) is 17.7. The number of hydrogen-bond acceptors (Lipinski definition) is 6. The summed E-state index contributed by atoms with van der Waals surface area (Å²) in [5.41, 5.74) is 1.10. The number of nitriles is 1. The van der Waals surface area contributed by atoms with Gasteiger partial charge in [0.1, 0.15) is 17.6 Å². The van der Waals surface area contributed by atoms with Crippen LogP contribution in [-0.4, -0.2) is 18.1 Å². The molecule has 0 bridgehead atoms. The number of nitrogens with zero attached hydrogens (tertiary/aromatic N) is 2. The Labute approximate surface area is 182 Å². The van der Waals surface area contributed by atoms with Gasteiger partial charge in [-0.3, -0.25) is 4.79 Å². The second kappa shape index (κ2) is 10.3. The monoisotopic (exact) mass is 416 g/mol. The number of esters is 1. The molecule has 2 unspecified atom stereocenters. The minimum Gasteiger partial charge on any atom is -0.497 e. The Hall–Kier alpha value is -3.85. The van der Waals surface area contributed by atoms with Gasteiger partial charge in [-0.15, -0.1) is 0 Å². The van der Waals surface area contributed by atoms with Gasteiger partial charge in [0, 0.05) is 6.07 Å². The number of aromatic nitrogens is 1. The maximum Gasteiger partial charge on any atom is 0.315 e. The molecule has 0 aliphatic heterocycles. The molecule has 0 aliphatic carbocycles. The summed E-state index contributed by atoms with van der Waals surface area (Å²) >= 11 is 0. The van der Waals surface area contributed by atoms with Gasteiger partial charge in [-0.1, -0.05) is 50.2 Å². The molecule has 158 valence electrons. The van der Waals surface area contributed by atoms with Crippen molar-refractivity contribution in [3.05, 3.63) is 84.1 Å². The van der Waals surface area contributed by atoms with E-state index in [9.17, 15) is 10.1 Å². The van der Waals surface area contributed by atoms with Crippen molar-refractivity contribution in [1.82, 2.24) is 4.98 Å². The van der Waals surface area contributed by atoms with Gasteiger partial charge in [0.05, 0.1) is 18.7 Å². The quantitative estimate of drug-likeness (QED) is 0.456. The number of hydrogen-bond donors (Lipinski definition) is 0. The molecule has 2 aromatic carbocycles. The third-order valence-corrected chi connectivity index (χ3v) is 4.73. The first-order valence-electron chi connectivity index (χ1n) is 9.95. The lowest BCUT2D eigenvalue weighted by atomic mass is 9.88. The van der Waals surface area contributed by atoms with Crippen LogP contribution in [0.1, 0.15) is 37.1 Å². The van der Waals surface area contributed by atoms with Gasteiger partial charge in [-0.25, -0.2) is 4.98 Å². The van der Waals surface area contributed by atoms with Crippen LogP contribution in [0, 0.1) is 17.2 Å². The SMILES string of the molecule is COc1ccc(C(C(=O)OC(C#N)c2cccc(Oc3ccccc3)n2)C(C)C)cc1. The molecule has 0 fully saturated rings. The van der Waals surface area contributed by atoms with Gasteiger partial charge < -0.3 is 14.2 Å². The molecule has 1 heterocycles. The van der Waals surface area contributed by atoms with E-state index in [0.29, 0.717) is 23.1 Å². The van der Waals surface area contributed by atoms with E-state index in [-0.39, 0.29) is 5.92 Å². The largest absolute Gasteiger partial charge is 0.497 e. The number of benzene rings is 2. The highest BCUT2D eigenvalue weighted by Gasteiger charge is 2.29. The Kier molecular flexibility index (Phi) is 7.23. The van der Waals surface area contributed by atoms with E-state index < -0.39 is 18.0 Å². The second-order valence-electron chi connectivity index (χ2n) is 7.26. The third kappa shape index (κ3) is 5.61. The smallest absolute Gasteiger partial charge is 0.315 e. The third-order valence-electron chi connectivity index (χ3n) is 4.73. The van der Waals surface area contributed by atoms with Crippen LogP contribution in [0.3, 0.4) is 0 Å². The van der Waals surface area contributed by atoms with Crippen LogP contribution in [0.5, 0.6) is 17.4 Å². The highest BCUT2D eigenvalue weighted by molar-refractivity contribution is 5.79. The first-order chi connectivity index (χ1) is 15.0. The van der Waals surface area contributed by atoms with Crippen LogP contribution in [-0.2, 0) is 9.53 Å². The Balaban J connectivity index is 1.78. The summed E-state index contributed by atoms with van der Waals surface area (Å²) in [4.78, 5) is 17.3. The molecule has 0 N–H and O–H groups in total. The van der Waals surface area contributed by atoms with Crippen molar-refractivity contribution in [2.75, 3.05) is 7.11 Å². The van der Waals surface area contributed by atoms with E-state index in [2.05, 4.69) is 4.98 Å². The minimum atomic E-state index is -1.15. The fraction of sp³-hybridized carbons (Fsp3) is 0.240. The number of carbonyl (C=O) groups excluding carboxylic acids is 1. The molecular formula is C25H24N2O4. The Morgan fingerprint density at radius 1 is 0.935 bits per heavy atom. The molecule has 3 aromatic rings. The second-order valence-corrected chi connectivity index (χ2v) is 7.26. The summed E-state index contributed by atoms with van der Waals surface area (Å²) in [6.45, 7) is 3.87. The van der Waals surface area contributed by atoms with E-state index >= 15 is 0 Å². The zero-order chi connectivity index (χ0) is 22.2. The highest BCUT2D eigenvalue weighted by Crippen LogP contribution is 2.30. The van der Waals surface area contributed by atoms with Crippen molar-refractivity contribution in [3.63, 3.8) is 0 Å². The van der Waals surface area contributed by atoms with Crippen LogP contribution in [0.4, 0.5) is 0 Å². The summed E-state index contributed by atoms with van der Waals surface area (Å²) in [7, 11) is 1.59. The van der Waals surface area contributed by atoms with Crippen LogP contribution >= 0.6 is 0 Å². The number of carbonyl (C=O) groups is 1. The van der Waals surface area contributed by atoms with Crippen LogP contribution < -0.4 is 9.47 Å². The van der Waals surface area contributed by atoms with Crippen molar-refractivity contribution in [3.8, 4) is 23.4 Å². The van der Waals surface area contributed by atoms with Gasteiger partial charge >= 0.3 is 5.97 Å². The fourth-order valence-electron chi connectivity index (χ4n) is 3.19. The van der Waals surface area contributed by atoms with Crippen LogP contribution in [0.25, 0.3) is 0 Å². The number of methoxy groups -OCH3 is 1. The number of pyridine rings is 1. The van der Waals surface area contributed by atoms with E-state index in [0.717, 1.165) is 5.56 Å². The number of rotatable bonds is 8. The maximum atomic E-state index is 13.0. The predicted molar refractivity (Wildman–Crippen MR) is 116 cm³/mol. The lowest BCUT2D eigenvalue weighted by molar-refractivity contribution is -0.150. The van der Waals surface area contributed by atoms with Crippen molar-refractivity contribution in [2.24, 2.45) is 5.92 Å². The van der Waals surface area contributed by atoms with E-state index in [4.69, 9.17) is 14.2 Å². The average Bonchev–Trinajstić information content (AvgIpc) is 2.78. The van der Waals surface area contributed by atoms with Gasteiger partial charge in [0.2, 0.25) is 12.0 Å². The predicted octanol–water partition coefficient (Wildman–Crippen LogP) is 5.43. The van der Waals surface area contributed by atoms with E-state index in [1.165, 1.54) is 0 Å². The molecule has 1 aromatic heterocycles. The summed E-state index contributed by atoms with van der Waals surface area (Å²) in [6.07, 6.45) is -1.15. The molecular weight excluding hydrogens is 392 g/mol. The first-order valence-corrected chi connectivity index (χ1v) is 9.95. The lowest BCUT2D eigenvalue weighted by Gasteiger charge is -2.21. The lowest BCUT2D eigenvalue weighted by Crippen LogP contribution is -2.23. The molecule has 0 saturated heterocycles. The summed E-state index contributed by atoms with van der Waals surface area (Å²) < 4.78 is 16.5. The highest BCUT2D eigenvalue weighted by atomic mass is 16.5. The Morgan fingerprint density at radius 3 is 2.26 bits per heavy atom. The van der Waals surface area contributed by atoms with Crippen LogP contribution in [0.2, 0.25) is 0 Å². The Morgan fingerprint density at radius 2 is 1.65 bits per heavy atom. The molecule has 6 heteroatoms. The van der Waals surface area contributed by atoms with Crippen molar-refractivity contribution < 1.29 is 19.0 Å². The fourth-order valence-corrected chi connectivity index (χ4v) is 3.19. The van der Waals surface area contributed by atoms with Crippen LogP contribution in [0.15, 0.2) is 72.8 Å². The maximum absolute atomic E-state index is 13.0. The van der Waals surface area contributed by atoms with Gasteiger partial charge in [0.15, 0.2) is 0 Å².